The lowest BCUT2D eigenvalue weighted by atomic mass is 10.2. The van der Waals surface area contributed by atoms with Crippen molar-refractivity contribution in [2.24, 2.45) is 0 Å². The van der Waals surface area contributed by atoms with Crippen molar-refractivity contribution >= 4 is 34.2 Å². The minimum atomic E-state index is -0.534. The molecule has 0 atom stereocenters. The summed E-state index contributed by atoms with van der Waals surface area (Å²) in [5.41, 5.74) is 1.93. The van der Waals surface area contributed by atoms with Crippen LogP contribution in [0.1, 0.15) is 5.82 Å². The fourth-order valence-electron chi connectivity index (χ4n) is 2.90. The van der Waals surface area contributed by atoms with Crippen LogP contribution in [0.4, 0.5) is 10.1 Å². The van der Waals surface area contributed by atoms with Crippen molar-refractivity contribution in [3.63, 3.8) is 0 Å². The molecule has 26 heavy (non-hydrogen) atoms. The molecule has 1 amide bonds. The molecule has 2 heterocycles. The third-order valence-electron chi connectivity index (χ3n) is 4.11. The molecule has 6 nitrogen and oxygen atoms in total. The molecule has 3 aromatic rings. The van der Waals surface area contributed by atoms with Crippen molar-refractivity contribution in [1.29, 1.82) is 0 Å². The number of benzene rings is 2. The predicted octanol–water partition coefficient (Wildman–Crippen LogP) is 3.55. The molecule has 1 N–H and O–H groups in total. The van der Waals surface area contributed by atoms with E-state index in [1.165, 1.54) is 18.2 Å². The fourth-order valence-corrected chi connectivity index (χ4v) is 3.08. The second-order valence-corrected chi connectivity index (χ2v) is 6.31. The standard InChI is InChI=1S/C18H15ClFN3O3/c1-10-21-14-7-16-17(26-5-4-25-16)8-15(14)23(10)9-18(24)22-11-2-3-13(20)12(19)6-11/h2-3,6-8H,4-5,9H2,1H3,(H,22,24). The van der Waals surface area contributed by atoms with E-state index in [-0.39, 0.29) is 17.5 Å². The average molecular weight is 376 g/mol. The molecule has 0 aliphatic carbocycles. The summed E-state index contributed by atoms with van der Waals surface area (Å²) in [4.78, 5) is 16.9. The number of aryl methyl sites for hydroxylation is 1. The van der Waals surface area contributed by atoms with E-state index in [0.29, 0.717) is 36.2 Å². The third kappa shape index (κ3) is 3.06. The molecule has 0 spiro atoms. The number of halogens is 2. The van der Waals surface area contributed by atoms with Gasteiger partial charge in [0.25, 0.3) is 0 Å². The molecule has 0 saturated carbocycles. The molecule has 1 aliphatic rings. The zero-order valence-corrected chi connectivity index (χ0v) is 14.6. The molecule has 0 saturated heterocycles. The van der Waals surface area contributed by atoms with E-state index in [1.54, 1.807) is 4.57 Å². The van der Waals surface area contributed by atoms with Gasteiger partial charge in [-0.3, -0.25) is 4.79 Å². The Kier molecular flexibility index (Phi) is 4.16. The van der Waals surface area contributed by atoms with Gasteiger partial charge in [0.1, 0.15) is 31.4 Å². The Morgan fingerprint density at radius 1 is 1.27 bits per heavy atom. The zero-order valence-electron chi connectivity index (χ0n) is 13.9. The molecule has 0 fully saturated rings. The Morgan fingerprint density at radius 2 is 2.00 bits per heavy atom. The topological polar surface area (TPSA) is 65.4 Å². The SMILES string of the molecule is Cc1nc2cc3c(cc2n1CC(=O)Nc1ccc(F)c(Cl)c1)OCCO3. The van der Waals surface area contributed by atoms with Crippen LogP contribution in [0.15, 0.2) is 30.3 Å². The van der Waals surface area contributed by atoms with E-state index >= 15 is 0 Å². The summed E-state index contributed by atoms with van der Waals surface area (Å²) in [7, 11) is 0. The van der Waals surface area contributed by atoms with Crippen molar-refractivity contribution in [3.05, 3.63) is 47.0 Å². The molecule has 0 radical (unpaired) electrons. The predicted molar refractivity (Wildman–Crippen MR) is 95.5 cm³/mol. The average Bonchev–Trinajstić information content (AvgIpc) is 2.91. The Morgan fingerprint density at radius 3 is 2.73 bits per heavy atom. The van der Waals surface area contributed by atoms with Crippen LogP contribution in [-0.2, 0) is 11.3 Å². The highest BCUT2D eigenvalue weighted by molar-refractivity contribution is 6.31. The van der Waals surface area contributed by atoms with Crippen LogP contribution >= 0.6 is 11.6 Å². The number of nitrogens with zero attached hydrogens (tertiary/aromatic N) is 2. The number of hydrogen-bond acceptors (Lipinski definition) is 4. The lowest BCUT2D eigenvalue weighted by Crippen LogP contribution is -2.19. The second kappa shape index (κ2) is 6.49. The van der Waals surface area contributed by atoms with Gasteiger partial charge in [-0.25, -0.2) is 9.37 Å². The second-order valence-electron chi connectivity index (χ2n) is 5.91. The maximum absolute atomic E-state index is 13.2. The lowest BCUT2D eigenvalue weighted by molar-refractivity contribution is -0.116. The van der Waals surface area contributed by atoms with Crippen molar-refractivity contribution in [3.8, 4) is 11.5 Å². The van der Waals surface area contributed by atoms with Crippen molar-refractivity contribution < 1.29 is 18.7 Å². The highest BCUT2D eigenvalue weighted by Gasteiger charge is 2.18. The molecular weight excluding hydrogens is 361 g/mol. The van der Waals surface area contributed by atoms with E-state index in [0.717, 1.165) is 11.0 Å². The van der Waals surface area contributed by atoms with Crippen LogP contribution < -0.4 is 14.8 Å². The summed E-state index contributed by atoms with van der Waals surface area (Å²) in [5.74, 6) is 1.17. The summed E-state index contributed by atoms with van der Waals surface area (Å²) in [5, 5.41) is 2.66. The van der Waals surface area contributed by atoms with Gasteiger partial charge in [-0.2, -0.15) is 0 Å². The van der Waals surface area contributed by atoms with Gasteiger partial charge in [-0.1, -0.05) is 11.6 Å². The van der Waals surface area contributed by atoms with Crippen LogP contribution in [-0.4, -0.2) is 28.7 Å². The zero-order chi connectivity index (χ0) is 18.3. The lowest BCUT2D eigenvalue weighted by Gasteiger charge is -2.18. The number of fused-ring (bicyclic) bond motifs is 2. The summed E-state index contributed by atoms with van der Waals surface area (Å²) < 4.78 is 26.2. The number of imidazole rings is 1. The van der Waals surface area contributed by atoms with Gasteiger partial charge in [0, 0.05) is 17.8 Å². The minimum Gasteiger partial charge on any atom is -0.486 e. The number of nitrogens with one attached hydrogen (secondary N) is 1. The minimum absolute atomic E-state index is 0.0455. The van der Waals surface area contributed by atoms with Gasteiger partial charge in [-0.15, -0.1) is 0 Å². The Balaban J connectivity index is 1.60. The number of amides is 1. The number of carbonyl (C=O) groups excluding carboxylic acids is 1. The first-order chi connectivity index (χ1) is 12.5. The van der Waals surface area contributed by atoms with Gasteiger partial charge >= 0.3 is 0 Å². The number of carbonyl (C=O) groups is 1. The molecule has 8 heteroatoms. The van der Waals surface area contributed by atoms with Crippen molar-refractivity contribution in [2.75, 3.05) is 18.5 Å². The van der Waals surface area contributed by atoms with Gasteiger partial charge in [0.2, 0.25) is 5.91 Å². The third-order valence-corrected chi connectivity index (χ3v) is 4.40. The first-order valence-corrected chi connectivity index (χ1v) is 8.40. The molecule has 4 rings (SSSR count). The largest absolute Gasteiger partial charge is 0.486 e. The highest BCUT2D eigenvalue weighted by Crippen LogP contribution is 2.34. The number of rotatable bonds is 3. The quantitative estimate of drug-likeness (QED) is 0.760. The van der Waals surface area contributed by atoms with Crippen LogP contribution in [0.25, 0.3) is 11.0 Å². The first kappa shape index (κ1) is 16.7. The molecule has 1 aromatic heterocycles. The smallest absolute Gasteiger partial charge is 0.244 e. The summed E-state index contributed by atoms with van der Waals surface area (Å²) in [6.45, 7) is 2.86. The van der Waals surface area contributed by atoms with Gasteiger partial charge < -0.3 is 19.4 Å². The molecule has 1 aliphatic heterocycles. The summed E-state index contributed by atoms with van der Waals surface area (Å²) in [6.07, 6.45) is 0. The number of aromatic nitrogens is 2. The van der Waals surface area contributed by atoms with Crippen LogP contribution in [0.5, 0.6) is 11.5 Å². The normalized spacial score (nSPS) is 13.0. The Hall–Kier alpha value is -2.80. The van der Waals surface area contributed by atoms with Crippen molar-refractivity contribution in [2.45, 2.75) is 13.5 Å². The fraction of sp³-hybridized carbons (Fsp3) is 0.222. The van der Waals surface area contributed by atoms with Gasteiger partial charge in [-0.05, 0) is 25.1 Å². The van der Waals surface area contributed by atoms with E-state index in [2.05, 4.69) is 10.3 Å². The maximum Gasteiger partial charge on any atom is 0.244 e. The Bertz CT molecular complexity index is 1020. The number of anilines is 1. The monoisotopic (exact) mass is 375 g/mol. The summed E-state index contributed by atoms with van der Waals surface area (Å²) >= 11 is 5.74. The van der Waals surface area contributed by atoms with E-state index in [1.807, 2.05) is 19.1 Å². The van der Waals surface area contributed by atoms with Crippen LogP contribution in [0, 0.1) is 12.7 Å². The van der Waals surface area contributed by atoms with Crippen molar-refractivity contribution in [1.82, 2.24) is 9.55 Å². The molecule has 134 valence electrons. The maximum atomic E-state index is 13.2. The molecular formula is C18H15ClFN3O3. The number of hydrogen-bond donors (Lipinski definition) is 1. The molecule has 0 bridgehead atoms. The summed E-state index contributed by atoms with van der Waals surface area (Å²) in [6, 6.07) is 7.67. The van der Waals surface area contributed by atoms with Gasteiger partial charge in [0.05, 0.1) is 16.1 Å². The Labute approximate surface area is 153 Å². The van der Waals surface area contributed by atoms with E-state index < -0.39 is 5.82 Å². The van der Waals surface area contributed by atoms with E-state index in [9.17, 15) is 9.18 Å². The highest BCUT2D eigenvalue weighted by atomic mass is 35.5. The first-order valence-electron chi connectivity index (χ1n) is 8.02. The molecule has 2 aromatic carbocycles. The van der Waals surface area contributed by atoms with Crippen LogP contribution in [0.3, 0.4) is 0 Å². The van der Waals surface area contributed by atoms with E-state index in [4.69, 9.17) is 21.1 Å². The molecule has 0 unspecified atom stereocenters. The van der Waals surface area contributed by atoms with Gasteiger partial charge in [0.15, 0.2) is 11.5 Å². The number of ether oxygens (including phenoxy) is 2. The van der Waals surface area contributed by atoms with Crippen LogP contribution in [0.2, 0.25) is 5.02 Å².